The minimum atomic E-state index is -6.67. The fourth-order valence-corrected chi connectivity index (χ4v) is 9.61. The predicted octanol–water partition coefficient (Wildman–Crippen LogP) is 13.9. The summed E-state index contributed by atoms with van der Waals surface area (Å²) in [4.78, 5) is 2.64. The predicted molar refractivity (Wildman–Crippen MR) is 239 cm³/mol. The first-order valence-electron chi connectivity index (χ1n) is 21.0. The number of fused-ring (bicyclic) bond motifs is 7. The number of anilines is 6. The van der Waals surface area contributed by atoms with Crippen molar-refractivity contribution in [3.63, 3.8) is 0 Å². The average molecular weight is 901 g/mol. The second-order valence-corrected chi connectivity index (χ2v) is 17.8. The van der Waals surface area contributed by atoms with Crippen LogP contribution in [0.15, 0.2) is 156 Å². The minimum absolute atomic E-state index is 0.0234. The number of para-hydroxylation sites is 2. The first-order chi connectivity index (χ1) is 31.3. The Bertz CT molecular complexity index is 3220. The van der Waals surface area contributed by atoms with Crippen LogP contribution < -0.4 is 30.9 Å². The Balaban J connectivity index is 1.29. The van der Waals surface area contributed by atoms with Crippen molar-refractivity contribution in [2.75, 3.05) is 9.80 Å². The number of halogens is 9. The number of hydrogen-bond donors (Lipinski definition) is 0. The maximum atomic E-state index is 17.1. The summed E-state index contributed by atoms with van der Waals surface area (Å²) in [5, 5.41) is 0.624. The van der Waals surface area contributed by atoms with Crippen LogP contribution in [0.5, 0.6) is 11.7 Å². The van der Waals surface area contributed by atoms with Crippen LogP contribution in [0.2, 0.25) is 0 Å². The van der Waals surface area contributed by atoms with Gasteiger partial charge in [-0.1, -0.05) is 106 Å². The van der Waals surface area contributed by atoms with Gasteiger partial charge in [0.1, 0.15) is 17.1 Å². The summed E-state index contributed by atoms with van der Waals surface area (Å²) in [7, 11) is 0. The lowest BCUT2D eigenvalue weighted by Crippen LogP contribution is -2.64. The molecule has 0 fully saturated rings. The Morgan fingerprint density at radius 3 is 1.83 bits per heavy atom. The SMILES string of the molecule is CC(C)(C)c1ccc2oc3c(c2c1)B1c2cc(-c4ccccc4)ccc2N(c2c(F)ccc4c2C(F)(F)C(F)(F)C(F)(F)C4(F)F)c2cc(N(c4ccccc4)c4ccccc4)cc(c21)O3. The summed E-state index contributed by atoms with van der Waals surface area (Å²) < 4.78 is 157. The quantitative estimate of drug-likeness (QED) is 0.127. The van der Waals surface area contributed by atoms with Gasteiger partial charge in [0.15, 0.2) is 0 Å². The molecule has 0 atom stereocenters. The number of rotatable bonds is 5. The van der Waals surface area contributed by atoms with Crippen molar-refractivity contribution in [3.05, 3.63) is 174 Å². The van der Waals surface area contributed by atoms with E-state index in [1.807, 2.05) is 51.1 Å². The number of nitrogens with zero attached hydrogens (tertiary/aromatic N) is 2. The molecule has 4 nitrogen and oxygen atoms in total. The molecule has 0 radical (unpaired) electrons. The van der Waals surface area contributed by atoms with Crippen LogP contribution in [0.3, 0.4) is 0 Å². The molecule has 0 unspecified atom stereocenters. The van der Waals surface area contributed by atoms with Crippen molar-refractivity contribution in [1.82, 2.24) is 0 Å². The zero-order valence-corrected chi connectivity index (χ0v) is 35.1. The number of ether oxygens (including phenoxy) is 1. The number of alkyl halides is 8. The van der Waals surface area contributed by atoms with E-state index in [-0.39, 0.29) is 45.7 Å². The fourth-order valence-electron chi connectivity index (χ4n) is 9.61. The first kappa shape index (κ1) is 41.6. The molecule has 1 aliphatic carbocycles. The van der Waals surface area contributed by atoms with Gasteiger partial charge in [0.2, 0.25) is 0 Å². The van der Waals surface area contributed by atoms with Gasteiger partial charge in [0, 0.05) is 45.2 Å². The Morgan fingerprint density at radius 1 is 0.576 bits per heavy atom. The number of benzene rings is 7. The van der Waals surface area contributed by atoms with E-state index in [4.69, 9.17) is 9.15 Å². The van der Waals surface area contributed by atoms with Crippen molar-refractivity contribution < 1.29 is 48.7 Å². The highest BCUT2D eigenvalue weighted by molar-refractivity contribution is 7.00. The molecule has 0 bridgehead atoms. The van der Waals surface area contributed by atoms with E-state index in [1.54, 1.807) is 102 Å². The van der Waals surface area contributed by atoms with E-state index in [0.29, 0.717) is 50.5 Å². The van der Waals surface area contributed by atoms with Crippen LogP contribution in [0.1, 0.15) is 37.5 Å². The zero-order valence-electron chi connectivity index (χ0n) is 35.1. The molecule has 7 aromatic carbocycles. The van der Waals surface area contributed by atoms with Gasteiger partial charge in [-0.05, 0) is 93.7 Å². The zero-order chi connectivity index (χ0) is 46.3. The topological polar surface area (TPSA) is 28.9 Å². The van der Waals surface area contributed by atoms with Gasteiger partial charge in [-0.15, -0.1) is 0 Å². The highest BCUT2D eigenvalue weighted by atomic mass is 19.4. The van der Waals surface area contributed by atoms with Crippen LogP contribution in [-0.2, 0) is 17.3 Å². The molecule has 66 heavy (non-hydrogen) atoms. The lowest BCUT2D eigenvalue weighted by atomic mass is 9.34. The Morgan fingerprint density at radius 2 is 1.20 bits per heavy atom. The van der Waals surface area contributed by atoms with Gasteiger partial charge in [0.25, 0.3) is 12.7 Å². The molecule has 0 saturated carbocycles. The molecule has 0 saturated heterocycles. The molecule has 14 heteroatoms. The molecule has 0 N–H and O–H groups in total. The van der Waals surface area contributed by atoms with Gasteiger partial charge < -0.3 is 19.0 Å². The lowest BCUT2D eigenvalue weighted by Gasteiger charge is -2.46. The summed E-state index contributed by atoms with van der Waals surface area (Å²) in [6.07, 6.45) is 0. The van der Waals surface area contributed by atoms with Crippen molar-refractivity contribution in [2.24, 2.45) is 0 Å². The standard InChI is InChI=1S/C52H34BF9N2O2/c1-48(2,3)31-20-24-41-35(26-31)44-47(65-41)66-42-28-34(63(32-15-9-5-10-16-32)33-17-11-6-12-18-33)27-40-45(42)53(44)37-25-30(29-13-7-4-8-14-29)19-23-39(37)64(40)46-38(54)22-21-36-43(46)50(57,58)52(61,62)51(59,60)49(36,55)56/h4-28H,1-3H3. The van der Waals surface area contributed by atoms with Crippen LogP contribution in [0, 0.1) is 5.82 Å². The second kappa shape index (κ2) is 14.0. The molecule has 0 spiro atoms. The minimum Gasteiger partial charge on any atom is -0.427 e. The molecule has 11 rings (SSSR count). The summed E-state index contributed by atoms with van der Waals surface area (Å²) in [6.45, 7) is 5.19. The van der Waals surface area contributed by atoms with E-state index in [9.17, 15) is 0 Å². The van der Waals surface area contributed by atoms with Gasteiger partial charge >= 0.3 is 23.7 Å². The third-order valence-corrected chi connectivity index (χ3v) is 12.8. The van der Waals surface area contributed by atoms with E-state index < -0.39 is 53.0 Å². The largest absolute Gasteiger partial charge is 0.427 e. The smallest absolute Gasteiger partial charge is 0.383 e. The average Bonchev–Trinajstić information content (AvgIpc) is 3.66. The number of furan rings is 1. The normalized spacial score (nSPS) is 17.0. The molecule has 3 aliphatic rings. The molecule has 3 heterocycles. The third-order valence-electron chi connectivity index (χ3n) is 12.8. The van der Waals surface area contributed by atoms with Crippen LogP contribution in [0.25, 0.3) is 22.1 Å². The van der Waals surface area contributed by atoms with Crippen molar-refractivity contribution >= 4 is 68.2 Å². The number of hydrogen-bond acceptors (Lipinski definition) is 4. The highest BCUT2D eigenvalue weighted by Crippen LogP contribution is 2.67. The maximum absolute atomic E-state index is 17.1. The van der Waals surface area contributed by atoms with Crippen LogP contribution in [0.4, 0.5) is 73.6 Å². The molecular weight excluding hydrogens is 866 g/mol. The molecule has 8 aromatic rings. The van der Waals surface area contributed by atoms with Gasteiger partial charge in [0.05, 0.1) is 16.9 Å². The van der Waals surface area contributed by atoms with E-state index in [1.165, 1.54) is 12.1 Å². The molecule has 0 amide bonds. The van der Waals surface area contributed by atoms with Gasteiger partial charge in [-0.2, -0.15) is 35.1 Å². The van der Waals surface area contributed by atoms with E-state index in [0.717, 1.165) is 10.5 Å². The highest BCUT2D eigenvalue weighted by Gasteiger charge is 2.86. The van der Waals surface area contributed by atoms with Gasteiger partial charge in [-0.25, -0.2) is 4.39 Å². The van der Waals surface area contributed by atoms with Crippen LogP contribution in [-0.4, -0.2) is 18.6 Å². The monoisotopic (exact) mass is 900 g/mol. The van der Waals surface area contributed by atoms with Crippen molar-refractivity contribution in [3.8, 4) is 22.8 Å². The molecule has 2 aliphatic heterocycles. The summed E-state index contributed by atoms with van der Waals surface area (Å²) in [6, 6.07) is 40.9. The Hall–Kier alpha value is -7.09. The summed E-state index contributed by atoms with van der Waals surface area (Å²) in [5.41, 5.74) is -1.27. The van der Waals surface area contributed by atoms with Crippen molar-refractivity contribution in [1.29, 1.82) is 0 Å². The fraction of sp³-hybridized carbons (Fsp3) is 0.154. The lowest BCUT2D eigenvalue weighted by molar-refractivity contribution is -0.386. The Kier molecular flexibility index (Phi) is 8.80. The second-order valence-electron chi connectivity index (χ2n) is 17.8. The van der Waals surface area contributed by atoms with Gasteiger partial charge in [-0.3, -0.25) is 0 Å². The van der Waals surface area contributed by atoms with Crippen molar-refractivity contribution in [2.45, 2.75) is 49.9 Å². The van der Waals surface area contributed by atoms with E-state index >= 15 is 39.5 Å². The maximum Gasteiger partial charge on any atom is 0.383 e. The first-order valence-corrected chi connectivity index (χ1v) is 21.0. The Labute approximate surface area is 372 Å². The molecular formula is C52H34BF9N2O2. The summed E-state index contributed by atoms with van der Waals surface area (Å²) >= 11 is 0. The third kappa shape index (κ3) is 5.69. The van der Waals surface area contributed by atoms with E-state index in [2.05, 4.69) is 0 Å². The van der Waals surface area contributed by atoms with Crippen LogP contribution >= 0.6 is 0 Å². The summed E-state index contributed by atoms with van der Waals surface area (Å²) in [5.74, 6) is -26.6. The molecule has 1 aromatic heterocycles. The molecule has 330 valence electrons.